The molecule has 0 atom stereocenters. The Bertz CT molecular complexity index is 502. The Morgan fingerprint density at radius 3 is 2.65 bits per heavy atom. The van der Waals surface area contributed by atoms with E-state index in [1.165, 1.54) is 11.3 Å². The van der Waals surface area contributed by atoms with Crippen molar-refractivity contribution in [1.29, 1.82) is 0 Å². The number of carboxylic acid groups (broad SMARTS) is 1. The molecule has 1 spiro atoms. The fourth-order valence-corrected chi connectivity index (χ4v) is 4.24. The Hall–Kier alpha value is -0.630. The Balaban J connectivity index is 1.63. The Kier molecular flexibility index (Phi) is 4.03. The third-order valence-corrected chi connectivity index (χ3v) is 5.44. The predicted molar refractivity (Wildman–Crippen MR) is 79.5 cm³/mol. The molecule has 110 valence electrons. The van der Waals surface area contributed by atoms with E-state index in [1.54, 1.807) is 0 Å². The van der Waals surface area contributed by atoms with E-state index >= 15 is 0 Å². The Morgan fingerprint density at radius 2 is 2.05 bits per heavy atom. The first-order valence-electron chi connectivity index (χ1n) is 6.65. The van der Waals surface area contributed by atoms with Gasteiger partial charge < -0.3 is 19.9 Å². The second-order valence-corrected chi connectivity index (χ2v) is 7.56. The van der Waals surface area contributed by atoms with Crippen molar-refractivity contribution in [2.24, 2.45) is 0 Å². The van der Waals surface area contributed by atoms with Crippen molar-refractivity contribution in [1.82, 2.24) is 0 Å². The summed E-state index contributed by atoms with van der Waals surface area (Å²) in [4.78, 5) is 11.5. The molecule has 2 heterocycles. The van der Waals surface area contributed by atoms with Gasteiger partial charge in [-0.1, -0.05) is 0 Å². The first-order valence-corrected chi connectivity index (χ1v) is 8.26. The van der Waals surface area contributed by atoms with Gasteiger partial charge in [0.25, 0.3) is 0 Å². The van der Waals surface area contributed by atoms with Crippen LogP contribution in [0.15, 0.2) is 9.85 Å². The van der Waals surface area contributed by atoms with Crippen LogP contribution in [0.4, 0.5) is 5.69 Å². The van der Waals surface area contributed by atoms with Crippen molar-refractivity contribution in [2.45, 2.75) is 37.5 Å². The highest BCUT2D eigenvalue weighted by Gasteiger charge is 2.40. The maximum absolute atomic E-state index is 11.2. The minimum absolute atomic E-state index is 0.271. The number of thiophene rings is 1. The molecular weight excluding hydrogens is 346 g/mol. The molecule has 0 radical (unpaired) electrons. The second kappa shape index (κ2) is 5.63. The van der Waals surface area contributed by atoms with E-state index in [2.05, 4.69) is 21.2 Å². The van der Waals surface area contributed by atoms with Gasteiger partial charge in [0.2, 0.25) is 0 Å². The van der Waals surface area contributed by atoms with Crippen molar-refractivity contribution in [3.8, 4) is 0 Å². The Labute approximate surface area is 129 Å². The topological polar surface area (TPSA) is 67.8 Å². The quantitative estimate of drug-likeness (QED) is 0.864. The molecule has 1 aliphatic heterocycles. The summed E-state index contributed by atoms with van der Waals surface area (Å²) in [6.07, 6.45) is 3.57. The summed E-state index contributed by atoms with van der Waals surface area (Å²) in [6.45, 7) is 1.36. The summed E-state index contributed by atoms with van der Waals surface area (Å²) in [7, 11) is 0. The maximum Gasteiger partial charge on any atom is 0.348 e. The molecule has 1 saturated heterocycles. The van der Waals surface area contributed by atoms with Gasteiger partial charge in [-0.25, -0.2) is 4.79 Å². The summed E-state index contributed by atoms with van der Waals surface area (Å²) in [6, 6.07) is 2.11. The van der Waals surface area contributed by atoms with E-state index in [-0.39, 0.29) is 11.8 Å². The number of aromatic carboxylic acids is 1. The van der Waals surface area contributed by atoms with Crippen molar-refractivity contribution in [3.05, 3.63) is 14.7 Å². The highest BCUT2D eigenvalue weighted by atomic mass is 79.9. The lowest BCUT2D eigenvalue weighted by Gasteiger charge is -2.35. The highest BCUT2D eigenvalue weighted by molar-refractivity contribution is 9.11. The zero-order valence-electron chi connectivity index (χ0n) is 10.9. The first-order chi connectivity index (χ1) is 9.58. The van der Waals surface area contributed by atoms with Gasteiger partial charge >= 0.3 is 5.97 Å². The van der Waals surface area contributed by atoms with Crippen LogP contribution >= 0.6 is 27.3 Å². The number of ether oxygens (including phenoxy) is 2. The third-order valence-electron chi connectivity index (χ3n) is 3.82. The van der Waals surface area contributed by atoms with Crippen molar-refractivity contribution in [2.75, 3.05) is 18.5 Å². The van der Waals surface area contributed by atoms with Gasteiger partial charge in [0.05, 0.1) is 22.7 Å². The fourth-order valence-electron chi connectivity index (χ4n) is 2.83. The lowest BCUT2D eigenvalue weighted by Crippen LogP contribution is -2.39. The Morgan fingerprint density at radius 1 is 1.40 bits per heavy atom. The predicted octanol–water partition coefficient (Wildman–Crippen LogP) is 3.31. The summed E-state index contributed by atoms with van der Waals surface area (Å²) in [5.41, 5.74) is 0.698. The molecular formula is C13H16BrNO4S. The van der Waals surface area contributed by atoms with Crippen LogP contribution in [0.2, 0.25) is 0 Å². The fraction of sp³-hybridized carbons (Fsp3) is 0.615. The maximum atomic E-state index is 11.2. The molecule has 1 saturated carbocycles. The third kappa shape index (κ3) is 2.86. The molecule has 2 fully saturated rings. The van der Waals surface area contributed by atoms with Crippen LogP contribution in [-0.4, -0.2) is 36.1 Å². The van der Waals surface area contributed by atoms with Crippen LogP contribution in [0.25, 0.3) is 0 Å². The number of anilines is 1. The summed E-state index contributed by atoms with van der Waals surface area (Å²) in [5.74, 6) is -1.26. The van der Waals surface area contributed by atoms with Crippen LogP contribution in [0.3, 0.4) is 0 Å². The van der Waals surface area contributed by atoms with E-state index in [1.807, 2.05) is 6.07 Å². The minimum Gasteiger partial charge on any atom is -0.477 e. The van der Waals surface area contributed by atoms with Gasteiger partial charge in [0.1, 0.15) is 4.88 Å². The van der Waals surface area contributed by atoms with Gasteiger partial charge in [0, 0.05) is 18.9 Å². The molecule has 7 heteroatoms. The van der Waals surface area contributed by atoms with Gasteiger partial charge in [-0.05, 0) is 34.8 Å². The number of hydrogen-bond acceptors (Lipinski definition) is 5. The lowest BCUT2D eigenvalue weighted by molar-refractivity contribution is -0.177. The molecule has 3 rings (SSSR count). The smallest absolute Gasteiger partial charge is 0.348 e. The van der Waals surface area contributed by atoms with Crippen molar-refractivity contribution < 1.29 is 19.4 Å². The number of nitrogens with one attached hydrogen (secondary N) is 1. The number of halogens is 1. The lowest BCUT2D eigenvalue weighted by atomic mass is 9.90. The largest absolute Gasteiger partial charge is 0.477 e. The van der Waals surface area contributed by atoms with Crippen molar-refractivity contribution >= 4 is 38.9 Å². The van der Waals surface area contributed by atoms with E-state index in [0.717, 1.165) is 29.5 Å². The molecule has 1 aromatic rings. The summed E-state index contributed by atoms with van der Waals surface area (Å²) in [5, 5.41) is 12.5. The highest BCUT2D eigenvalue weighted by Crippen LogP contribution is 2.38. The number of carbonyl (C=O) groups is 1. The minimum atomic E-state index is -0.891. The first kappa shape index (κ1) is 14.3. The molecule has 0 unspecified atom stereocenters. The molecule has 0 bridgehead atoms. The van der Waals surface area contributed by atoms with E-state index in [9.17, 15) is 9.90 Å². The van der Waals surface area contributed by atoms with Crippen LogP contribution in [0.1, 0.15) is 35.4 Å². The zero-order chi connectivity index (χ0) is 14.2. The number of rotatable bonds is 3. The second-order valence-electron chi connectivity index (χ2n) is 5.12. The molecule has 0 aromatic carbocycles. The van der Waals surface area contributed by atoms with Crippen LogP contribution < -0.4 is 5.32 Å². The molecule has 20 heavy (non-hydrogen) atoms. The molecule has 2 N–H and O–H groups in total. The average Bonchev–Trinajstić information content (AvgIpc) is 3.00. The normalized spacial score (nSPS) is 22.2. The number of carboxylic acids is 1. The van der Waals surface area contributed by atoms with Gasteiger partial charge in [-0.15, -0.1) is 11.3 Å². The SMILES string of the molecule is O=C(O)c1sc(Br)cc1NC1CCC2(CC1)OCCO2. The van der Waals surface area contributed by atoms with Gasteiger partial charge in [-0.3, -0.25) is 0 Å². The van der Waals surface area contributed by atoms with Gasteiger partial charge in [-0.2, -0.15) is 0 Å². The van der Waals surface area contributed by atoms with E-state index in [0.29, 0.717) is 23.8 Å². The number of hydrogen-bond donors (Lipinski definition) is 2. The average molecular weight is 362 g/mol. The molecule has 5 nitrogen and oxygen atoms in total. The summed E-state index contributed by atoms with van der Waals surface area (Å²) >= 11 is 4.58. The monoisotopic (exact) mass is 361 g/mol. The standard InChI is InChI=1S/C13H16BrNO4S/c14-10-7-9(11(20-10)12(16)17)15-8-1-3-13(4-2-8)18-5-6-19-13/h7-8,15H,1-6H2,(H,16,17). The molecule has 0 amide bonds. The molecule has 1 aromatic heterocycles. The van der Waals surface area contributed by atoms with E-state index in [4.69, 9.17) is 9.47 Å². The van der Waals surface area contributed by atoms with Gasteiger partial charge in [0.15, 0.2) is 5.79 Å². The van der Waals surface area contributed by atoms with E-state index < -0.39 is 5.97 Å². The van der Waals surface area contributed by atoms with Crippen LogP contribution in [-0.2, 0) is 9.47 Å². The van der Waals surface area contributed by atoms with Crippen LogP contribution in [0, 0.1) is 0 Å². The zero-order valence-corrected chi connectivity index (χ0v) is 13.3. The molecule has 2 aliphatic rings. The van der Waals surface area contributed by atoms with Crippen LogP contribution in [0.5, 0.6) is 0 Å². The molecule has 1 aliphatic carbocycles. The van der Waals surface area contributed by atoms with Crippen molar-refractivity contribution in [3.63, 3.8) is 0 Å². The summed E-state index contributed by atoms with van der Waals surface area (Å²) < 4.78 is 12.2.